The smallest absolute Gasteiger partial charge is 0.303 e. The summed E-state index contributed by atoms with van der Waals surface area (Å²) in [6.45, 7) is 1.69. The summed E-state index contributed by atoms with van der Waals surface area (Å²) >= 11 is 0. The van der Waals surface area contributed by atoms with Crippen LogP contribution in [0.15, 0.2) is 30.3 Å². The second-order valence-electron chi connectivity index (χ2n) is 6.14. The molecule has 4 heteroatoms. The second-order valence-corrected chi connectivity index (χ2v) is 6.14. The van der Waals surface area contributed by atoms with Crippen LogP contribution in [0.25, 0.3) is 0 Å². The van der Waals surface area contributed by atoms with Crippen LogP contribution in [0.1, 0.15) is 44.1 Å². The Labute approximate surface area is 132 Å². The van der Waals surface area contributed by atoms with Crippen molar-refractivity contribution in [2.45, 2.75) is 44.9 Å². The largest absolute Gasteiger partial charge is 0.481 e. The Morgan fingerprint density at radius 3 is 2.59 bits per heavy atom. The summed E-state index contributed by atoms with van der Waals surface area (Å²) in [5, 5.41) is 8.61. The lowest BCUT2D eigenvalue weighted by Gasteiger charge is -2.33. The lowest BCUT2D eigenvalue weighted by molar-refractivity contribution is -0.138. The Hall–Kier alpha value is -1.84. The van der Waals surface area contributed by atoms with Crippen molar-refractivity contribution in [2.75, 3.05) is 13.1 Å². The summed E-state index contributed by atoms with van der Waals surface area (Å²) in [7, 11) is 0. The van der Waals surface area contributed by atoms with Crippen molar-refractivity contribution >= 4 is 11.9 Å². The average molecular weight is 303 g/mol. The molecule has 0 bridgehead atoms. The van der Waals surface area contributed by atoms with Gasteiger partial charge in [-0.2, -0.15) is 0 Å². The highest BCUT2D eigenvalue weighted by atomic mass is 16.4. The van der Waals surface area contributed by atoms with Crippen LogP contribution in [0, 0.1) is 5.92 Å². The lowest BCUT2D eigenvalue weighted by atomic mass is 9.91. The molecule has 0 saturated carbocycles. The molecule has 0 aromatic heterocycles. The van der Waals surface area contributed by atoms with E-state index in [9.17, 15) is 9.59 Å². The average Bonchev–Trinajstić information content (AvgIpc) is 2.52. The molecular formula is C18H25NO3. The first-order valence-corrected chi connectivity index (χ1v) is 8.18. The van der Waals surface area contributed by atoms with Crippen LogP contribution in [0.4, 0.5) is 0 Å². The van der Waals surface area contributed by atoms with E-state index in [0.29, 0.717) is 25.2 Å². The third kappa shape index (κ3) is 5.51. The predicted octanol–water partition coefficient (Wildman–Crippen LogP) is 3.11. The van der Waals surface area contributed by atoms with Gasteiger partial charge in [-0.1, -0.05) is 30.3 Å². The molecule has 1 aromatic carbocycles. The van der Waals surface area contributed by atoms with Crippen molar-refractivity contribution in [3.05, 3.63) is 35.9 Å². The van der Waals surface area contributed by atoms with Crippen molar-refractivity contribution in [1.82, 2.24) is 4.90 Å². The third-order valence-corrected chi connectivity index (χ3v) is 4.27. The number of carboxylic acids is 1. The molecule has 120 valence electrons. The van der Waals surface area contributed by atoms with E-state index >= 15 is 0 Å². The number of amides is 1. The van der Waals surface area contributed by atoms with E-state index in [0.717, 1.165) is 25.9 Å². The molecular weight excluding hydrogens is 278 g/mol. The first-order chi connectivity index (χ1) is 10.6. The van der Waals surface area contributed by atoms with Gasteiger partial charge >= 0.3 is 5.97 Å². The number of likely N-dealkylation sites (tertiary alicyclic amines) is 1. The number of hydrogen-bond donors (Lipinski definition) is 1. The molecule has 1 fully saturated rings. The van der Waals surface area contributed by atoms with E-state index in [1.165, 1.54) is 12.0 Å². The molecule has 22 heavy (non-hydrogen) atoms. The first kappa shape index (κ1) is 16.5. The molecule has 1 N–H and O–H groups in total. The Balaban J connectivity index is 1.75. The second kappa shape index (κ2) is 8.57. The summed E-state index contributed by atoms with van der Waals surface area (Å²) in [5.74, 6) is -0.0596. The SMILES string of the molecule is O=C(O)CCCCC(=O)N1CCCC(Cc2ccccc2)C1. The fourth-order valence-corrected chi connectivity index (χ4v) is 3.12. The third-order valence-electron chi connectivity index (χ3n) is 4.27. The number of carbonyl (C=O) groups is 2. The maximum atomic E-state index is 12.2. The van der Waals surface area contributed by atoms with Crippen LogP contribution in [-0.2, 0) is 16.0 Å². The van der Waals surface area contributed by atoms with Gasteiger partial charge in [0.15, 0.2) is 0 Å². The topological polar surface area (TPSA) is 57.6 Å². The number of benzene rings is 1. The zero-order chi connectivity index (χ0) is 15.8. The Kier molecular flexibility index (Phi) is 6.44. The number of aliphatic carboxylic acids is 1. The van der Waals surface area contributed by atoms with E-state index in [2.05, 4.69) is 24.3 Å². The van der Waals surface area contributed by atoms with Crippen molar-refractivity contribution in [1.29, 1.82) is 0 Å². The molecule has 1 amide bonds. The van der Waals surface area contributed by atoms with Crippen LogP contribution >= 0.6 is 0 Å². The Morgan fingerprint density at radius 2 is 1.86 bits per heavy atom. The number of piperidine rings is 1. The van der Waals surface area contributed by atoms with Gasteiger partial charge in [0.1, 0.15) is 0 Å². The number of nitrogens with zero attached hydrogens (tertiary/aromatic N) is 1. The fraction of sp³-hybridized carbons (Fsp3) is 0.556. The molecule has 1 saturated heterocycles. The van der Waals surface area contributed by atoms with E-state index in [-0.39, 0.29) is 12.3 Å². The van der Waals surface area contributed by atoms with Crippen LogP contribution in [-0.4, -0.2) is 35.0 Å². The Bertz CT molecular complexity index is 486. The van der Waals surface area contributed by atoms with Crippen LogP contribution in [0.5, 0.6) is 0 Å². The number of hydrogen-bond acceptors (Lipinski definition) is 2. The molecule has 1 unspecified atom stereocenters. The minimum Gasteiger partial charge on any atom is -0.481 e. The highest BCUT2D eigenvalue weighted by Crippen LogP contribution is 2.21. The molecule has 0 aliphatic carbocycles. The Morgan fingerprint density at radius 1 is 1.14 bits per heavy atom. The van der Waals surface area contributed by atoms with Gasteiger partial charge in [-0.3, -0.25) is 9.59 Å². The van der Waals surface area contributed by atoms with Gasteiger partial charge in [0.25, 0.3) is 0 Å². The van der Waals surface area contributed by atoms with Crippen LogP contribution in [0.3, 0.4) is 0 Å². The highest BCUT2D eigenvalue weighted by molar-refractivity contribution is 5.76. The molecule has 1 heterocycles. The first-order valence-electron chi connectivity index (χ1n) is 8.18. The van der Waals surface area contributed by atoms with Gasteiger partial charge in [-0.25, -0.2) is 0 Å². The molecule has 4 nitrogen and oxygen atoms in total. The summed E-state index contributed by atoms with van der Waals surface area (Å²) in [6, 6.07) is 10.4. The minimum atomic E-state index is -0.784. The van der Waals surface area contributed by atoms with Crippen LogP contribution in [0.2, 0.25) is 0 Å². The highest BCUT2D eigenvalue weighted by Gasteiger charge is 2.23. The van der Waals surface area contributed by atoms with Crippen LogP contribution < -0.4 is 0 Å². The number of unbranched alkanes of at least 4 members (excludes halogenated alkanes) is 1. The summed E-state index contributed by atoms with van der Waals surface area (Å²) in [6.07, 6.45) is 5.17. The van der Waals surface area contributed by atoms with Gasteiger partial charge in [0.2, 0.25) is 5.91 Å². The van der Waals surface area contributed by atoms with Crippen molar-refractivity contribution < 1.29 is 14.7 Å². The summed E-state index contributed by atoms with van der Waals surface area (Å²) in [5.41, 5.74) is 1.34. The zero-order valence-corrected chi connectivity index (χ0v) is 13.0. The lowest BCUT2D eigenvalue weighted by Crippen LogP contribution is -2.40. The van der Waals surface area contributed by atoms with Gasteiger partial charge in [0.05, 0.1) is 0 Å². The van der Waals surface area contributed by atoms with E-state index in [1.54, 1.807) is 0 Å². The predicted molar refractivity (Wildman–Crippen MR) is 85.6 cm³/mol. The molecule has 0 radical (unpaired) electrons. The summed E-state index contributed by atoms with van der Waals surface area (Å²) in [4.78, 5) is 24.7. The van der Waals surface area contributed by atoms with Crippen molar-refractivity contribution in [3.63, 3.8) is 0 Å². The van der Waals surface area contributed by atoms with E-state index in [1.807, 2.05) is 11.0 Å². The standard InChI is InChI=1S/C18H25NO3/c20-17(10-4-5-11-18(21)22)19-12-6-9-16(14-19)13-15-7-2-1-3-8-15/h1-3,7-8,16H,4-6,9-14H2,(H,21,22). The fourth-order valence-electron chi connectivity index (χ4n) is 3.12. The molecule has 1 aliphatic heterocycles. The maximum absolute atomic E-state index is 12.2. The quantitative estimate of drug-likeness (QED) is 0.787. The van der Waals surface area contributed by atoms with Crippen molar-refractivity contribution in [2.24, 2.45) is 5.92 Å². The maximum Gasteiger partial charge on any atom is 0.303 e. The summed E-state index contributed by atoms with van der Waals surface area (Å²) < 4.78 is 0. The van der Waals surface area contributed by atoms with Gasteiger partial charge in [-0.15, -0.1) is 0 Å². The number of carboxylic acid groups (broad SMARTS) is 1. The van der Waals surface area contributed by atoms with Gasteiger partial charge < -0.3 is 10.0 Å². The molecule has 2 rings (SSSR count). The normalized spacial score (nSPS) is 18.2. The molecule has 1 aromatic rings. The van der Waals surface area contributed by atoms with E-state index < -0.39 is 5.97 Å². The molecule has 0 spiro atoms. The molecule has 1 aliphatic rings. The monoisotopic (exact) mass is 303 g/mol. The van der Waals surface area contributed by atoms with Gasteiger partial charge in [0, 0.05) is 25.9 Å². The van der Waals surface area contributed by atoms with Crippen molar-refractivity contribution in [3.8, 4) is 0 Å². The number of rotatable bonds is 7. The van der Waals surface area contributed by atoms with E-state index in [4.69, 9.17) is 5.11 Å². The number of carbonyl (C=O) groups excluding carboxylic acids is 1. The van der Waals surface area contributed by atoms with Gasteiger partial charge in [-0.05, 0) is 43.6 Å². The molecule has 1 atom stereocenters. The minimum absolute atomic E-state index is 0.157. The zero-order valence-electron chi connectivity index (χ0n) is 13.0.